The quantitative estimate of drug-likeness (QED) is 0.827. The molecule has 0 bridgehead atoms. The van der Waals surface area contributed by atoms with Gasteiger partial charge in [0, 0.05) is 18.2 Å². The fourth-order valence-corrected chi connectivity index (χ4v) is 1.95. The van der Waals surface area contributed by atoms with E-state index in [2.05, 4.69) is 29.1 Å². The average Bonchev–Trinajstić information content (AvgIpc) is 2.32. The van der Waals surface area contributed by atoms with Gasteiger partial charge in [-0.05, 0) is 19.0 Å². The second-order valence-corrected chi connectivity index (χ2v) is 4.90. The van der Waals surface area contributed by atoms with Crippen molar-refractivity contribution < 1.29 is 4.74 Å². The summed E-state index contributed by atoms with van der Waals surface area (Å²) in [7, 11) is 0. The van der Waals surface area contributed by atoms with Crippen LogP contribution in [-0.2, 0) is 0 Å². The smallest absolute Gasteiger partial charge is 0.317 e. The Morgan fingerprint density at radius 3 is 3.12 bits per heavy atom. The number of nitrogens with zero attached hydrogens (tertiary/aromatic N) is 3. The molecule has 2 rings (SSSR count). The minimum absolute atomic E-state index is 0.0459. The van der Waals surface area contributed by atoms with E-state index in [0.29, 0.717) is 11.7 Å². The predicted octanol–water partition coefficient (Wildman–Crippen LogP) is 1.12. The van der Waals surface area contributed by atoms with Crippen molar-refractivity contribution in [2.24, 2.45) is 5.41 Å². The van der Waals surface area contributed by atoms with Crippen molar-refractivity contribution in [2.75, 3.05) is 13.1 Å². The Labute approximate surface area is 101 Å². The lowest BCUT2D eigenvalue weighted by molar-refractivity contribution is 0.0375. The van der Waals surface area contributed by atoms with Crippen molar-refractivity contribution in [1.29, 1.82) is 5.26 Å². The van der Waals surface area contributed by atoms with E-state index < -0.39 is 0 Å². The molecule has 0 saturated carbocycles. The summed E-state index contributed by atoms with van der Waals surface area (Å²) in [5, 5.41) is 12.1. The monoisotopic (exact) mass is 232 g/mol. The normalized spacial score (nSPS) is 22.8. The van der Waals surface area contributed by atoms with Crippen LogP contribution in [0.25, 0.3) is 0 Å². The van der Waals surface area contributed by atoms with E-state index in [1.807, 2.05) is 6.07 Å². The van der Waals surface area contributed by atoms with Crippen LogP contribution in [0.2, 0.25) is 0 Å². The summed E-state index contributed by atoms with van der Waals surface area (Å²) in [6, 6.07) is 3.85. The third kappa shape index (κ3) is 2.71. The molecule has 0 amide bonds. The van der Waals surface area contributed by atoms with Crippen LogP contribution in [0.3, 0.4) is 0 Å². The standard InChI is InChI=1S/C12H16N4O/c1-12(2)8-14-5-4-10(12)17-11-15-6-3-9(7-13)16-11/h3,6,10,14H,4-5,8H2,1-2H3. The largest absolute Gasteiger partial charge is 0.459 e. The van der Waals surface area contributed by atoms with E-state index in [-0.39, 0.29) is 11.5 Å². The Morgan fingerprint density at radius 2 is 2.41 bits per heavy atom. The predicted molar refractivity (Wildman–Crippen MR) is 62.4 cm³/mol. The van der Waals surface area contributed by atoms with Gasteiger partial charge >= 0.3 is 6.01 Å². The van der Waals surface area contributed by atoms with Gasteiger partial charge in [0.2, 0.25) is 0 Å². The fraction of sp³-hybridized carbons (Fsp3) is 0.583. The van der Waals surface area contributed by atoms with Crippen LogP contribution in [-0.4, -0.2) is 29.2 Å². The molecule has 0 spiro atoms. The van der Waals surface area contributed by atoms with Crippen LogP contribution < -0.4 is 10.1 Å². The van der Waals surface area contributed by atoms with Gasteiger partial charge in [0.25, 0.3) is 0 Å². The summed E-state index contributed by atoms with van der Waals surface area (Å²) in [6.45, 7) is 6.15. The van der Waals surface area contributed by atoms with Gasteiger partial charge < -0.3 is 10.1 Å². The number of hydrogen-bond donors (Lipinski definition) is 1. The molecule has 5 heteroatoms. The number of hydrogen-bond acceptors (Lipinski definition) is 5. The molecule has 0 aliphatic carbocycles. The minimum atomic E-state index is 0.0459. The van der Waals surface area contributed by atoms with Gasteiger partial charge in [-0.2, -0.15) is 10.2 Å². The lowest BCUT2D eigenvalue weighted by Gasteiger charge is -2.38. The highest BCUT2D eigenvalue weighted by Crippen LogP contribution is 2.28. The number of aromatic nitrogens is 2. The Morgan fingerprint density at radius 1 is 1.59 bits per heavy atom. The summed E-state index contributed by atoms with van der Waals surface area (Å²) in [4.78, 5) is 8.08. The molecule has 0 radical (unpaired) electrons. The minimum Gasteiger partial charge on any atom is -0.459 e. The molecule has 1 aromatic rings. The Hall–Kier alpha value is -1.67. The number of ether oxygens (including phenoxy) is 1. The van der Waals surface area contributed by atoms with E-state index in [4.69, 9.17) is 10.00 Å². The molecular formula is C12H16N4O. The van der Waals surface area contributed by atoms with Crippen molar-refractivity contribution in [1.82, 2.24) is 15.3 Å². The fourth-order valence-electron chi connectivity index (χ4n) is 1.95. The third-order valence-corrected chi connectivity index (χ3v) is 3.03. The Bertz CT molecular complexity index is 438. The van der Waals surface area contributed by atoms with Crippen LogP contribution in [0.5, 0.6) is 6.01 Å². The summed E-state index contributed by atoms with van der Waals surface area (Å²) >= 11 is 0. The van der Waals surface area contributed by atoms with Crippen molar-refractivity contribution in [3.63, 3.8) is 0 Å². The van der Waals surface area contributed by atoms with Crippen molar-refractivity contribution in [3.05, 3.63) is 18.0 Å². The SMILES string of the molecule is CC1(C)CNCCC1Oc1nccc(C#N)n1. The first-order valence-electron chi connectivity index (χ1n) is 5.72. The molecule has 1 aliphatic rings. The average molecular weight is 232 g/mol. The number of nitriles is 1. The van der Waals surface area contributed by atoms with Crippen LogP contribution in [0, 0.1) is 16.7 Å². The number of nitrogens with one attached hydrogen (secondary N) is 1. The molecule has 1 saturated heterocycles. The molecule has 1 atom stereocenters. The highest BCUT2D eigenvalue weighted by Gasteiger charge is 2.34. The van der Waals surface area contributed by atoms with Gasteiger partial charge in [-0.25, -0.2) is 4.98 Å². The third-order valence-electron chi connectivity index (χ3n) is 3.03. The molecule has 1 aliphatic heterocycles. The summed E-state index contributed by atoms with van der Waals surface area (Å²) in [5.41, 5.74) is 0.381. The van der Waals surface area contributed by atoms with Crippen LogP contribution in [0.15, 0.2) is 12.3 Å². The van der Waals surface area contributed by atoms with E-state index in [0.717, 1.165) is 19.5 Å². The van der Waals surface area contributed by atoms with Crippen molar-refractivity contribution in [3.8, 4) is 12.1 Å². The van der Waals surface area contributed by atoms with Crippen LogP contribution >= 0.6 is 0 Å². The maximum absolute atomic E-state index is 8.76. The summed E-state index contributed by atoms with van der Waals surface area (Å²) in [5.74, 6) is 0. The lowest BCUT2D eigenvalue weighted by Crippen LogP contribution is -2.49. The van der Waals surface area contributed by atoms with Crippen LogP contribution in [0.4, 0.5) is 0 Å². The van der Waals surface area contributed by atoms with E-state index in [1.165, 1.54) is 0 Å². The summed E-state index contributed by atoms with van der Waals surface area (Å²) in [6.07, 6.45) is 2.56. The van der Waals surface area contributed by atoms with Gasteiger partial charge in [-0.15, -0.1) is 0 Å². The Balaban J connectivity index is 2.12. The van der Waals surface area contributed by atoms with Crippen molar-refractivity contribution in [2.45, 2.75) is 26.4 Å². The van der Waals surface area contributed by atoms with Gasteiger partial charge in [-0.3, -0.25) is 0 Å². The van der Waals surface area contributed by atoms with E-state index in [9.17, 15) is 0 Å². The van der Waals surface area contributed by atoms with Gasteiger partial charge in [0.05, 0.1) is 0 Å². The summed E-state index contributed by atoms with van der Waals surface area (Å²) < 4.78 is 5.80. The number of piperidine rings is 1. The molecule has 17 heavy (non-hydrogen) atoms. The van der Waals surface area contributed by atoms with Crippen LogP contribution in [0.1, 0.15) is 26.0 Å². The first kappa shape index (κ1) is 11.8. The maximum atomic E-state index is 8.76. The van der Waals surface area contributed by atoms with Gasteiger partial charge in [-0.1, -0.05) is 13.8 Å². The first-order valence-corrected chi connectivity index (χ1v) is 5.72. The van der Waals surface area contributed by atoms with E-state index in [1.54, 1.807) is 12.3 Å². The van der Waals surface area contributed by atoms with Gasteiger partial charge in [0.15, 0.2) is 0 Å². The molecule has 1 unspecified atom stereocenters. The highest BCUT2D eigenvalue weighted by atomic mass is 16.5. The second kappa shape index (κ2) is 4.68. The topological polar surface area (TPSA) is 70.8 Å². The zero-order chi connectivity index (χ0) is 12.3. The highest BCUT2D eigenvalue weighted by molar-refractivity contribution is 5.19. The van der Waals surface area contributed by atoms with Crippen molar-refractivity contribution >= 4 is 0 Å². The zero-order valence-corrected chi connectivity index (χ0v) is 10.1. The maximum Gasteiger partial charge on any atom is 0.317 e. The Kier molecular flexibility index (Phi) is 3.25. The number of rotatable bonds is 2. The molecule has 1 aromatic heterocycles. The molecule has 0 aromatic carbocycles. The molecule has 5 nitrogen and oxygen atoms in total. The first-order chi connectivity index (χ1) is 8.12. The molecule has 1 N–H and O–H groups in total. The van der Waals surface area contributed by atoms with E-state index >= 15 is 0 Å². The molecule has 90 valence electrons. The second-order valence-electron chi connectivity index (χ2n) is 4.90. The molecule has 2 heterocycles. The van der Waals surface area contributed by atoms with Gasteiger partial charge in [0.1, 0.15) is 17.9 Å². The lowest BCUT2D eigenvalue weighted by atomic mass is 9.82. The molecular weight excluding hydrogens is 216 g/mol. The zero-order valence-electron chi connectivity index (χ0n) is 10.1. The molecule has 1 fully saturated rings.